The van der Waals surface area contributed by atoms with E-state index in [1.165, 1.54) is 17.2 Å². The minimum atomic E-state index is 0.338. The van der Waals surface area contributed by atoms with E-state index in [-0.39, 0.29) is 0 Å². The normalized spacial score (nSPS) is 11.6. The predicted molar refractivity (Wildman–Crippen MR) is 68.2 cm³/mol. The molecule has 0 N–H and O–H groups in total. The summed E-state index contributed by atoms with van der Waals surface area (Å²) >= 11 is 0. The summed E-state index contributed by atoms with van der Waals surface area (Å²) in [5, 5.41) is 0. The van der Waals surface area contributed by atoms with Gasteiger partial charge in [0.05, 0.1) is 5.69 Å². The van der Waals surface area contributed by atoms with Crippen LogP contribution in [0.3, 0.4) is 0 Å². The quantitative estimate of drug-likeness (QED) is 0.574. The molecule has 0 heterocycles. The van der Waals surface area contributed by atoms with Crippen LogP contribution >= 0.6 is 0 Å². The first-order valence-electron chi connectivity index (χ1n) is 5.54. The van der Waals surface area contributed by atoms with Crippen molar-refractivity contribution in [2.75, 3.05) is 0 Å². The SMILES string of the molecule is CC(c1ccccc1)c1ccc(N=C=O)cc1. The lowest BCUT2D eigenvalue weighted by Gasteiger charge is -2.12. The van der Waals surface area contributed by atoms with Crippen LogP contribution in [0, 0.1) is 0 Å². The van der Waals surface area contributed by atoms with E-state index < -0.39 is 0 Å². The largest absolute Gasteiger partial charge is 0.240 e. The van der Waals surface area contributed by atoms with E-state index in [1.807, 2.05) is 42.5 Å². The Morgan fingerprint density at radius 3 is 2.12 bits per heavy atom. The summed E-state index contributed by atoms with van der Waals surface area (Å²) in [6, 6.07) is 18.0. The van der Waals surface area contributed by atoms with Gasteiger partial charge in [0.2, 0.25) is 6.08 Å². The standard InChI is InChI=1S/C15H13NO/c1-12(13-5-3-2-4-6-13)14-7-9-15(10-8-14)16-11-17/h2-10,12H,1H3. The molecule has 1 unspecified atom stereocenters. The Bertz CT molecular complexity index is 525. The highest BCUT2D eigenvalue weighted by atomic mass is 16.1. The van der Waals surface area contributed by atoms with Gasteiger partial charge in [0.15, 0.2) is 0 Å². The maximum absolute atomic E-state index is 10.1. The molecular formula is C15H13NO. The van der Waals surface area contributed by atoms with Crippen molar-refractivity contribution in [2.45, 2.75) is 12.8 Å². The predicted octanol–water partition coefficient (Wildman–Crippen LogP) is 3.81. The Kier molecular flexibility index (Phi) is 3.49. The molecule has 2 aromatic rings. The van der Waals surface area contributed by atoms with Crippen molar-refractivity contribution < 1.29 is 4.79 Å². The van der Waals surface area contributed by atoms with E-state index in [0.717, 1.165) is 0 Å². The van der Waals surface area contributed by atoms with Crippen LogP contribution in [0.25, 0.3) is 0 Å². The molecule has 0 aliphatic heterocycles. The molecule has 84 valence electrons. The van der Waals surface area contributed by atoms with Gasteiger partial charge in [-0.05, 0) is 23.3 Å². The summed E-state index contributed by atoms with van der Waals surface area (Å²) in [6.07, 6.45) is 1.54. The first kappa shape index (κ1) is 11.3. The van der Waals surface area contributed by atoms with Gasteiger partial charge in [0.1, 0.15) is 0 Å². The van der Waals surface area contributed by atoms with Gasteiger partial charge >= 0.3 is 0 Å². The molecule has 2 aromatic carbocycles. The van der Waals surface area contributed by atoms with Gasteiger partial charge in [-0.15, -0.1) is 0 Å². The highest BCUT2D eigenvalue weighted by Crippen LogP contribution is 2.25. The molecule has 0 fully saturated rings. The summed E-state index contributed by atoms with van der Waals surface area (Å²) in [5.41, 5.74) is 3.13. The number of hydrogen-bond donors (Lipinski definition) is 0. The van der Waals surface area contributed by atoms with Crippen molar-refractivity contribution in [1.82, 2.24) is 0 Å². The number of benzene rings is 2. The number of carbonyl (C=O) groups excluding carboxylic acids is 1. The summed E-state index contributed by atoms with van der Waals surface area (Å²) in [4.78, 5) is 13.7. The van der Waals surface area contributed by atoms with Crippen LogP contribution in [0.5, 0.6) is 0 Å². The molecule has 0 amide bonds. The third kappa shape index (κ3) is 2.68. The zero-order valence-electron chi connectivity index (χ0n) is 9.63. The van der Waals surface area contributed by atoms with Gasteiger partial charge < -0.3 is 0 Å². The maximum atomic E-state index is 10.1. The summed E-state index contributed by atoms with van der Waals surface area (Å²) in [5.74, 6) is 0.338. The molecule has 2 rings (SSSR count). The van der Waals surface area contributed by atoms with Gasteiger partial charge in [-0.1, -0.05) is 49.4 Å². The van der Waals surface area contributed by atoms with Crippen LogP contribution in [0.15, 0.2) is 59.6 Å². The average molecular weight is 223 g/mol. The van der Waals surface area contributed by atoms with E-state index in [4.69, 9.17) is 0 Å². The van der Waals surface area contributed by atoms with Gasteiger partial charge in [0, 0.05) is 5.92 Å². The van der Waals surface area contributed by atoms with Crippen LogP contribution in [0.4, 0.5) is 5.69 Å². The van der Waals surface area contributed by atoms with Gasteiger partial charge in [-0.3, -0.25) is 0 Å². The third-order valence-electron chi connectivity index (χ3n) is 2.87. The smallest absolute Gasteiger partial charge is 0.211 e. The van der Waals surface area contributed by atoms with Crippen molar-refractivity contribution in [1.29, 1.82) is 0 Å². The Labute approximate surface area is 101 Å². The second-order valence-corrected chi connectivity index (χ2v) is 3.93. The van der Waals surface area contributed by atoms with Gasteiger partial charge in [0.25, 0.3) is 0 Å². The summed E-state index contributed by atoms with van der Waals surface area (Å²) in [6.45, 7) is 2.16. The van der Waals surface area contributed by atoms with Crippen molar-refractivity contribution >= 4 is 11.8 Å². The van der Waals surface area contributed by atoms with Crippen LogP contribution in [0.2, 0.25) is 0 Å². The Morgan fingerprint density at radius 2 is 1.53 bits per heavy atom. The van der Waals surface area contributed by atoms with E-state index in [0.29, 0.717) is 11.6 Å². The lowest BCUT2D eigenvalue weighted by atomic mass is 9.93. The molecule has 0 spiro atoms. The minimum Gasteiger partial charge on any atom is -0.211 e. The molecule has 0 aliphatic rings. The molecule has 17 heavy (non-hydrogen) atoms. The Balaban J connectivity index is 2.26. The lowest BCUT2D eigenvalue weighted by molar-refractivity contribution is 0.565. The molecule has 0 aromatic heterocycles. The monoisotopic (exact) mass is 223 g/mol. The summed E-state index contributed by atoms with van der Waals surface area (Å²) < 4.78 is 0. The highest BCUT2D eigenvalue weighted by molar-refractivity contribution is 5.50. The highest BCUT2D eigenvalue weighted by Gasteiger charge is 2.07. The second kappa shape index (κ2) is 5.24. The Morgan fingerprint density at radius 1 is 0.941 bits per heavy atom. The topological polar surface area (TPSA) is 29.4 Å². The van der Waals surface area contributed by atoms with E-state index in [2.05, 4.69) is 24.0 Å². The zero-order valence-corrected chi connectivity index (χ0v) is 9.63. The number of hydrogen-bond acceptors (Lipinski definition) is 2. The van der Waals surface area contributed by atoms with Crippen LogP contribution in [0.1, 0.15) is 24.0 Å². The van der Waals surface area contributed by atoms with Gasteiger partial charge in [-0.2, -0.15) is 4.99 Å². The fourth-order valence-electron chi connectivity index (χ4n) is 1.82. The molecule has 0 radical (unpaired) electrons. The summed E-state index contributed by atoms with van der Waals surface area (Å²) in [7, 11) is 0. The number of nitrogens with zero attached hydrogens (tertiary/aromatic N) is 1. The number of rotatable bonds is 3. The molecular weight excluding hydrogens is 210 g/mol. The first-order valence-corrected chi connectivity index (χ1v) is 5.54. The average Bonchev–Trinajstić information content (AvgIpc) is 2.40. The zero-order chi connectivity index (χ0) is 12.1. The van der Waals surface area contributed by atoms with Crippen molar-refractivity contribution in [2.24, 2.45) is 4.99 Å². The van der Waals surface area contributed by atoms with E-state index in [9.17, 15) is 4.79 Å². The molecule has 0 aliphatic carbocycles. The first-order chi connectivity index (χ1) is 8.31. The van der Waals surface area contributed by atoms with E-state index in [1.54, 1.807) is 0 Å². The van der Waals surface area contributed by atoms with Crippen molar-refractivity contribution in [3.05, 3.63) is 65.7 Å². The van der Waals surface area contributed by atoms with Gasteiger partial charge in [-0.25, -0.2) is 4.79 Å². The molecule has 2 heteroatoms. The number of aliphatic imine (C=N–C) groups is 1. The molecule has 0 saturated carbocycles. The van der Waals surface area contributed by atoms with E-state index >= 15 is 0 Å². The minimum absolute atomic E-state index is 0.338. The van der Waals surface area contributed by atoms with Crippen LogP contribution < -0.4 is 0 Å². The van der Waals surface area contributed by atoms with Crippen LogP contribution in [-0.4, -0.2) is 6.08 Å². The molecule has 1 atom stereocenters. The maximum Gasteiger partial charge on any atom is 0.240 e. The second-order valence-electron chi connectivity index (χ2n) is 3.93. The van der Waals surface area contributed by atoms with Crippen LogP contribution in [-0.2, 0) is 4.79 Å². The fraction of sp³-hybridized carbons (Fsp3) is 0.133. The lowest BCUT2D eigenvalue weighted by Crippen LogP contribution is -1.94. The fourth-order valence-corrected chi connectivity index (χ4v) is 1.82. The third-order valence-corrected chi connectivity index (χ3v) is 2.87. The number of isocyanates is 1. The molecule has 2 nitrogen and oxygen atoms in total. The molecule has 0 saturated heterocycles. The Hall–Kier alpha value is -2.18. The molecule has 0 bridgehead atoms. The van der Waals surface area contributed by atoms with Crippen molar-refractivity contribution in [3.63, 3.8) is 0 Å². The van der Waals surface area contributed by atoms with Crippen molar-refractivity contribution in [3.8, 4) is 0 Å².